The Morgan fingerprint density at radius 3 is 2.19 bits per heavy atom. The monoisotopic (exact) mass is 428 g/mol. The Morgan fingerprint density at radius 2 is 1.56 bits per heavy atom. The lowest BCUT2D eigenvalue weighted by Crippen LogP contribution is -2.15. The molecule has 0 radical (unpaired) electrons. The minimum absolute atomic E-state index is 0.180. The average molecular weight is 429 g/mol. The summed E-state index contributed by atoms with van der Waals surface area (Å²) in [5.74, 6) is 1.71. The van der Waals surface area contributed by atoms with E-state index in [1.807, 2.05) is 66.7 Å². The van der Waals surface area contributed by atoms with Gasteiger partial charge in [-0.1, -0.05) is 74.5 Å². The van der Waals surface area contributed by atoms with Crippen LogP contribution in [0.4, 0.5) is 0 Å². The van der Waals surface area contributed by atoms with Gasteiger partial charge in [0, 0.05) is 11.1 Å². The van der Waals surface area contributed by atoms with Gasteiger partial charge in [-0.15, -0.1) is 5.10 Å². The molecule has 5 nitrogen and oxygen atoms in total. The summed E-state index contributed by atoms with van der Waals surface area (Å²) in [6, 6.07) is 24.0. The van der Waals surface area contributed by atoms with Gasteiger partial charge < -0.3 is 9.47 Å². The van der Waals surface area contributed by atoms with Gasteiger partial charge in [-0.2, -0.15) is 5.10 Å². The van der Waals surface area contributed by atoms with Crippen molar-refractivity contribution in [3.8, 4) is 11.5 Å². The second-order valence-corrected chi connectivity index (χ2v) is 7.70. The van der Waals surface area contributed by atoms with E-state index in [0.29, 0.717) is 35.2 Å². The third-order valence-corrected chi connectivity index (χ3v) is 4.80. The van der Waals surface area contributed by atoms with Gasteiger partial charge in [-0.25, -0.2) is 0 Å². The van der Waals surface area contributed by atoms with Crippen molar-refractivity contribution in [3.05, 3.63) is 95.6 Å². The lowest BCUT2D eigenvalue weighted by atomic mass is 10.0. The number of Topliss-reactive ketones (excluding diaryl/α,β-unsaturated/α-hetero) is 1. The fourth-order valence-corrected chi connectivity index (χ4v) is 3.00. The van der Waals surface area contributed by atoms with Crippen molar-refractivity contribution in [2.45, 2.75) is 20.3 Å². The molecule has 0 fully saturated rings. The molecule has 3 aromatic rings. The molecule has 0 aromatic heterocycles. The highest BCUT2D eigenvalue weighted by atomic mass is 16.5. The van der Waals surface area contributed by atoms with Crippen molar-refractivity contribution in [2.75, 3.05) is 13.7 Å². The van der Waals surface area contributed by atoms with E-state index in [9.17, 15) is 4.79 Å². The van der Waals surface area contributed by atoms with Crippen LogP contribution in [0.15, 0.2) is 89.1 Å². The second kappa shape index (κ2) is 11.6. The van der Waals surface area contributed by atoms with Gasteiger partial charge in [-0.05, 0) is 36.1 Å². The summed E-state index contributed by atoms with van der Waals surface area (Å²) in [7, 11) is 1.61. The summed E-state index contributed by atoms with van der Waals surface area (Å²) in [5, 5.41) is 8.48. The molecule has 0 spiro atoms. The molecule has 0 atom stereocenters. The zero-order valence-corrected chi connectivity index (χ0v) is 18.7. The molecule has 0 heterocycles. The maximum Gasteiger partial charge on any atom is 0.213 e. The van der Waals surface area contributed by atoms with E-state index >= 15 is 0 Å². The van der Waals surface area contributed by atoms with E-state index in [1.54, 1.807) is 25.5 Å². The summed E-state index contributed by atoms with van der Waals surface area (Å²) in [6.07, 6.45) is 2.57. The van der Waals surface area contributed by atoms with Crippen LogP contribution in [0.5, 0.6) is 11.5 Å². The molecule has 0 aliphatic heterocycles. The molecule has 3 aromatic carbocycles. The molecule has 0 aliphatic rings. The average Bonchev–Trinajstić information content (AvgIpc) is 2.83. The Labute approximate surface area is 189 Å². The van der Waals surface area contributed by atoms with Crippen LogP contribution in [-0.4, -0.2) is 31.4 Å². The predicted octanol–water partition coefficient (Wildman–Crippen LogP) is 5.83. The number of methoxy groups -OCH3 is 1. The summed E-state index contributed by atoms with van der Waals surface area (Å²) >= 11 is 0. The van der Waals surface area contributed by atoms with Crippen molar-refractivity contribution >= 4 is 17.7 Å². The zero-order valence-electron chi connectivity index (χ0n) is 18.7. The van der Waals surface area contributed by atoms with E-state index in [2.05, 4.69) is 24.1 Å². The van der Waals surface area contributed by atoms with Crippen LogP contribution < -0.4 is 9.47 Å². The molecule has 32 heavy (non-hydrogen) atoms. The first-order chi connectivity index (χ1) is 15.6. The van der Waals surface area contributed by atoms with E-state index in [1.165, 1.54) is 0 Å². The third-order valence-electron chi connectivity index (χ3n) is 4.80. The highest BCUT2D eigenvalue weighted by Crippen LogP contribution is 2.28. The lowest BCUT2D eigenvalue weighted by molar-refractivity contribution is 0.106. The highest BCUT2D eigenvalue weighted by molar-refractivity contribution is 6.51. The first-order valence-corrected chi connectivity index (χ1v) is 10.7. The maximum atomic E-state index is 13.0. The quantitative estimate of drug-likeness (QED) is 0.232. The number of benzene rings is 3. The van der Waals surface area contributed by atoms with Gasteiger partial charge in [0.15, 0.2) is 11.5 Å². The number of nitrogens with zero attached hydrogens (tertiary/aromatic N) is 2. The molecule has 0 aliphatic carbocycles. The molecule has 0 saturated heterocycles. The van der Waals surface area contributed by atoms with Crippen LogP contribution in [0, 0.1) is 5.92 Å². The van der Waals surface area contributed by atoms with Gasteiger partial charge >= 0.3 is 0 Å². The fraction of sp³-hybridized carbons (Fsp3) is 0.222. The molecule has 3 rings (SSSR count). The highest BCUT2D eigenvalue weighted by Gasteiger charge is 2.16. The Balaban J connectivity index is 1.83. The summed E-state index contributed by atoms with van der Waals surface area (Å²) in [5.41, 5.74) is 2.36. The van der Waals surface area contributed by atoms with Crippen LogP contribution in [0.1, 0.15) is 41.8 Å². The molecule has 5 heteroatoms. The summed E-state index contributed by atoms with van der Waals surface area (Å²) in [4.78, 5) is 13.0. The SMILES string of the molecule is COc1cc(/C=N\N=C(\C(=O)c2ccccc2)c2ccccc2)ccc1OCCC(C)C. The Bertz CT molecular complexity index is 1070. The first kappa shape index (κ1) is 22.9. The largest absolute Gasteiger partial charge is 0.493 e. The number of hydrogen-bond acceptors (Lipinski definition) is 5. The van der Waals surface area contributed by atoms with E-state index in [-0.39, 0.29) is 11.5 Å². The molecular formula is C27H28N2O3. The topological polar surface area (TPSA) is 60.2 Å². The van der Waals surface area contributed by atoms with Gasteiger partial charge in [0.05, 0.1) is 19.9 Å². The van der Waals surface area contributed by atoms with Crippen LogP contribution in [0.3, 0.4) is 0 Å². The van der Waals surface area contributed by atoms with Gasteiger partial charge in [-0.3, -0.25) is 4.79 Å². The Hall–Kier alpha value is -3.73. The third kappa shape index (κ3) is 6.38. The molecule has 0 saturated carbocycles. The zero-order chi connectivity index (χ0) is 22.8. The Kier molecular flexibility index (Phi) is 8.32. The van der Waals surface area contributed by atoms with Crippen LogP contribution in [0.2, 0.25) is 0 Å². The van der Waals surface area contributed by atoms with Crippen molar-refractivity contribution in [2.24, 2.45) is 16.1 Å². The molecule has 0 amide bonds. The predicted molar refractivity (Wildman–Crippen MR) is 129 cm³/mol. The van der Waals surface area contributed by atoms with Gasteiger partial charge in [0.25, 0.3) is 0 Å². The molecular weight excluding hydrogens is 400 g/mol. The van der Waals surface area contributed by atoms with Crippen molar-refractivity contribution < 1.29 is 14.3 Å². The minimum atomic E-state index is -0.180. The molecule has 0 unspecified atom stereocenters. The van der Waals surface area contributed by atoms with Gasteiger partial charge in [0.2, 0.25) is 5.78 Å². The lowest BCUT2D eigenvalue weighted by Gasteiger charge is -2.12. The number of carbonyl (C=O) groups is 1. The molecule has 0 bridgehead atoms. The number of ketones is 1. The van der Waals surface area contributed by atoms with Crippen molar-refractivity contribution in [3.63, 3.8) is 0 Å². The fourth-order valence-electron chi connectivity index (χ4n) is 3.00. The molecule has 0 N–H and O–H groups in total. The maximum absolute atomic E-state index is 13.0. The molecule has 164 valence electrons. The number of rotatable bonds is 10. The van der Waals surface area contributed by atoms with E-state index < -0.39 is 0 Å². The minimum Gasteiger partial charge on any atom is -0.493 e. The van der Waals surface area contributed by atoms with Crippen molar-refractivity contribution in [1.29, 1.82) is 0 Å². The summed E-state index contributed by atoms with van der Waals surface area (Å²) < 4.78 is 11.3. The Morgan fingerprint density at radius 1 is 0.906 bits per heavy atom. The second-order valence-electron chi connectivity index (χ2n) is 7.70. The summed E-state index contributed by atoms with van der Waals surface area (Å²) in [6.45, 7) is 4.95. The number of ether oxygens (including phenoxy) is 2. The normalized spacial score (nSPS) is 11.7. The number of hydrogen-bond donors (Lipinski definition) is 0. The van der Waals surface area contributed by atoms with E-state index in [0.717, 1.165) is 12.0 Å². The van der Waals surface area contributed by atoms with Crippen molar-refractivity contribution in [1.82, 2.24) is 0 Å². The van der Waals surface area contributed by atoms with Crippen LogP contribution in [-0.2, 0) is 0 Å². The van der Waals surface area contributed by atoms with E-state index in [4.69, 9.17) is 9.47 Å². The standard InChI is InChI=1S/C27H28N2O3/c1-20(2)16-17-32-24-15-14-21(18-25(24)31-3)19-28-29-26(22-10-6-4-7-11-22)27(30)23-12-8-5-9-13-23/h4-15,18-20H,16-17H2,1-3H3/b28-19-,29-26+. The van der Waals surface area contributed by atoms with Gasteiger partial charge in [0.1, 0.15) is 5.71 Å². The number of carbonyl (C=O) groups excluding carboxylic acids is 1. The smallest absolute Gasteiger partial charge is 0.213 e. The van der Waals surface area contributed by atoms with Crippen LogP contribution in [0.25, 0.3) is 0 Å². The first-order valence-electron chi connectivity index (χ1n) is 10.7. The van der Waals surface area contributed by atoms with Crippen LogP contribution >= 0.6 is 0 Å².